The summed E-state index contributed by atoms with van der Waals surface area (Å²) in [5.41, 5.74) is 2.21. The van der Waals surface area contributed by atoms with E-state index in [1.54, 1.807) is 0 Å². The normalized spacial score (nSPS) is 23.2. The molecular formula is C28H33N3O3. The fraction of sp³-hybridized carbons (Fsp3) is 0.429. The molecule has 2 N–H and O–H groups in total. The quantitative estimate of drug-likeness (QED) is 0.571. The zero-order valence-corrected chi connectivity index (χ0v) is 19.7. The van der Waals surface area contributed by atoms with Crippen LogP contribution in [0.5, 0.6) is 5.75 Å². The van der Waals surface area contributed by atoms with Crippen LogP contribution in [-0.4, -0.2) is 58.8 Å². The first-order chi connectivity index (χ1) is 16.6. The summed E-state index contributed by atoms with van der Waals surface area (Å²) in [6.07, 6.45) is 4.72. The SMILES string of the molecule is CCOc1ccc(-c2cc3ccccc3c(C(=O)NC3CCC(N4CC[C@H](O)C4)CC3)n2)cc1. The summed E-state index contributed by atoms with van der Waals surface area (Å²) < 4.78 is 5.56. The Morgan fingerprint density at radius 1 is 1.09 bits per heavy atom. The third kappa shape index (κ3) is 4.93. The van der Waals surface area contributed by atoms with Crippen LogP contribution in [0.3, 0.4) is 0 Å². The molecule has 1 aliphatic heterocycles. The van der Waals surface area contributed by atoms with Gasteiger partial charge in [0.25, 0.3) is 5.91 Å². The van der Waals surface area contributed by atoms with Crippen molar-refractivity contribution in [3.05, 3.63) is 60.3 Å². The number of amides is 1. The second-order valence-corrected chi connectivity index (χ2v) is 9.45. The number of aliphatic hydroxyl groups excluding tert-OH is 1. The molecule has 6 nitrogen and oxygen atoms in total. The van der Waals surface area contributed by atoms with Gasteiger partial charge in [-0.3, -0.25) is 9.69 Å². The number of pyridine rings is 1. The van der Waals surface area contributed by atoms with Gasteiger partial charge in [0.2, 0.25) is 0 Å². The van der Waals surface area contributed by atoms with E-state index in [0.717, 1.165) is 73.0 Å². The molecule has 0 spiro atoms. The number of aromatic nitrogens is 1. The van der Waals surface area contributed by atoms with Crippen LogP contribution in [-0.2, 0) is 0 Å². The fourth-order valence-corrected chi connectivity index (χ4v) is 5.35. The molecule has 2 aliphatic rings. The summed E-state index contributed by atoms with van der Waals surface area (Å²) in [5.74, 6) is 0.716. The van der Waals surface area contributed by atoms with Gasteiger partial charge in [0.05, 0.1) is 18.4 Å². The van der Waals surface area contributed by atoms with Crippen LogP contribution in [0.2, 0.25) is 0 Å². The number of fused-ring (bicyclic) bond motifs is 1. The van der Waals surface area contributed by atoms with Crippen molar-refractivity contribution < 1.29 is 14.6 Å². The Hall–Kier alpha value is -2.96. The molecule has 6 heteroatoms. The molecule has 178 valence electrons. The highest BCUT2D eigenvalue weighted by Gasteiger charge is 2.31. The highest BCUT2D eigenvalue weighted by Crippen LogP contribution is 2.29. The Morgan fingerprint density at radius 3 is 2.56 bits per heavy atom. The van der Waals surface area contributed by atoms with E-state index >= 15 is 0 Å². The van der Waals surface area contributed by atoms with E-state index in [-0.39, 0.29) is 18.1 Å². The van der Waals surface area contributed by atoms with Crippen LogP contribution >= 0.6 is 0 Å². The molecule has 1 aliphatic carbocycles. The number of carbonyl (C=O) groups is 1. The Morgan fingerprint density at radius 2 is 1.85 bits per heavy atom. The fourth-order valence-electron chi connectivity index (χ4n) is 5.35. The van der Waals surface area contributed by atoms with E-state index in [9.17, 15) is 9.90 Å². The number of rotatable bonds is 6. The number of likely N-dealkylation sites (tertiary alicyclic amines) is 1. The molecular weight excluding hydrogens is 426 g/mol. The van der Waals surface area contributed by atoms with Crippen molar-refractivity contribution in [1.82, 2.24) is 15.2 Å². The molecule has 1 saturated carbocycles. The van der Waals surface area contributed by atoms with Crippen LogP contribution in [0.1, 0.15) is 49.5 Å². The summed E-state index contributed by atoms with van der Waals surface area (Å²) in [4.78, 5) is 20.6. The molecule has 34 heavy (non-hydrogen) atoms. The summed E-state index contributed by atoms with van der Waals surface area (Å²) in [7, 11) is 0. The standard InChI is InChI=1S/C28H33N3O3/c1-2-34-24-13-7-19(8-14-24)26-17-20-5-3-4-6-25(20)27(30-26)28(33)29-21-9-11-22(12-10-21)31-16-15-23(32)18-31/h3-8,13-14,17,21-23,32H,2,9-12,15-16,18H2,1H3,(H,29,33)/t21?,22?,23-/m0/s1. The number of β-amino-alcohol motifs (C(OH)–C–C–N with tert-alkyl or cyclic N) is 1. The van der Waals surface area contributed by atoms with Gasteiger partial charge in [0, 0.05) is 36.1 Å². The van der Waals surface area contributed by atoms with Gasteiger partial charge < -0.3 is 15.2 Å². The van der Waals surface area contributed by atoms with Crippen molar-refractivity contribution in [1.29, 1.82) is 0 Å². The van der Waals surface area contributed by atoms with E-state index in [1.807, 2.05) is 61.5 Å². The van der Waals surface area contributed by atoms with Gasteiger partial charge in [0.15, 0.2) is 0 Å². The van der Waals surface area contributed by atoms with Gasteiger partial charge in [-0.15, -0.1) is 0 Å². The van der Waals surface area contributed by atoms with Crippen molar-refractivity contribution in [2.75, 3.05) is 19.7 Å². The largest absolute Gasteiger partial charge is 0.494 e. The molecule has 1 saturated heterocycles. The Balaban J connectivity index is 1.33. The Bertz CT molecular complexity index is 1140. The molecule has 2 fully saturated rings. The first kappa shape index (κ1) is 22.8. The molecule has 1 aromatic heterocycles. The number of benzene rings is 2. The van der Waals surface area contributed by atoms with E-state index in [4.69, 9.17) is 9.72 Å². The van der Waals surface area contributed by atoms with Gasteiger partial charge in [-0.25, -0.2) is 4.98 Å². The monoisotopic (exact) mass is 459 g/mol. The summed E-state index contributed by atoms with van der Waals surface area (Å²) >= 11 is 0. The van der Waals surface area contributed by atoms with E-state index in [1.165, 1.54) is 0 Å². The molecule has 2 heterocycles. The van der Waals surface area contributed by atoms with Crippen LogP contribution in [0.4, 0.5) is 0 Å². The molecule has 5 rings (SSSR count). The highest BCUT2D eigenvalue weighted by molar-refractivity contribution is 6.06. The smallest absolute Gasteiger partial charge is 0.270 e. The van der Waals surface area contributed by atoms with Gasteiger partial charge in [-0.05, 0) is 74.7 Å². The molecule has 3 aromatic rings. The van der Waals surface area contributed by atoms with Crippen LogP contribution in [0.25, 0.3) is 22.0 Å². The second kappa shape index (κ2) is 10.1. The van der Waals surface area contributed by atoms with Crippen molar-refractivity contribution in [2.24, 2.45) is 0 Å². The average molecular weight is 460 g/mol. The minimum atomic E-state index is -0.181. The third-order valence-corrected chi connectivity index (χ3v) is 7.16. The molecule has 2 aromatic carbocycles. The van der Waals surface area contributed by atoms with Crippen molar-refractivity contribution in [3.8, 4) is 17.0 Å². The number of aliphatic hydroxyl groups is 1. The number of hydrogen-bond acceptors (Lipinski definition) is 5. The lowest BCUT2D eigenvalue weighted by molar-refractivity contribution is 0.0902. The van der Waals surface area contributed by atoms with Crippen LogP contribution in [0.15, 0.2) is 54.6 Å². The predicted octanol–water partition coefficient (Wildman–Crippen LogP) is 4.41. The summed E-state index contributed by atoms with van der Waals surface area (Å²) in [5, 5.41) is 15.0. The van der Waals surface area contributed by atoms with Crippen molar-refractivity contribution >= 4 is 16.7 Å². The maximum atomic E-state index is 13.4. The lowest BCUT2D eigenvalue weighted by Crippen LogP contribution is -2.43. The zero-order chi connectivity index (χ0) is 23.5. The average Bonchev–Trinajstić information content (AvgIpc) is 3.30. The highest BCUT2D eigenvalue weighted by atomic mass is 16.5. The topological polar surface area (TPSA) is 74.7 Å². The Labute approximate surface area is 201 Å². The zero-order valence-electron chi connectivity index (χ0n) is 19.7. The minimum Gasteiger partial charge on any atom is -0.494 e. The van der Waals surface area contributed by atoms with Gasteiger partial charge in [-0.2, -0.15) is 0 Å². The number of hydrogen-bond donors (Lipinski definition) is 2. The number of nitrogens with zero attached hydrogens (tertiary/aromatic N) is 2. The number of nitrogens with one attached hydrogen (secondary N) is 1. The predicted molar refractivity (Wildman–Crippen MR) is 134 cm³/mol. The molecule has 0 unspecified atom stereocenters. The maximum Gasteiger partial charge on any atom is 0.270 e. The molecule has 0 bridgehead atoms. The van der Waals surface area contributed by atoms with E-state index < -0.39 is 0 Å². The molecule has 1 atom stereocenters. The van der Waals surface area contributed by atoms with E-state index in [0.29, 0.717) is 18.3 Å². The van der Waals surface area contributed by atoms with Crippen LogP contribution < -0.4 is 10.1 Å². The second-order valence-electron chi connectivity index (χ2n) is 9.45. The first-order valence-electron chi connectivity index (χ1n) is 12.5. The van der Waals surface area contributed by atoms with E-state index in [2.05, 4.69) is 10.2 Å². The number of carbonyl (C=O) groups excluding carboxylic acids is 1. The third-order valence-electron chi connectivity index (χ3n) is 7.16. The van der Waals surface area contributed by atoms with Crippen molar-refractivity contribution in [2.45, 2.75) is 57.2 Å². The van der Waals surface area contributed by atoms with Crippen LogP contribution in [0, 0.1) is 0 Å². The van der Waals surface area contributed by atoms with Crippen molar-refractivity contribution in [3.63, 3.8) is 0 Å². The van der Waals surface area contributed by atoms with Gasteiger partial charge >= 0.3 is 0 Å². The summed E-state index contributed by atoms with van der Waals surface area (Å²) in [6.45, 7) is 4.36. The minimum absolute atomic E-state index is 0.107. The molecule has 1 amide bonds. The summed E-state index contributed by atoms with van der Waals surface area (Å²) in [6, 6.07) is 18.5. The Kier molecular flexibility index (Phi) is 6.79. The lowest BCUT2D eigenvalue weighted by atomic mass is 9.90. The van der Waals surface area contributed by atoms with Gasteiger partial charge in [0.1, 0.15) is 11.4 Å². The lowest BCUT2D eigenvalue weighted by Gasteiger charge is -2.34. The maximum absolute atomic E-state index is 13.4. The first-order valence-corrected chi connectivity index (χ1v) is 12.5. The molecule has 0 radical (unpaired) electrons. The van der Waals surface area contributed by atoms with Gasteiger partial charge in [-0.1, -0.05) is 24.3 Å². The number of ether oxygens (including phenoxy) is 1.